The summed E-state index contributed by atoms with van der Waals surface area (Å²) in [5.41, 5.74) is 3.16. The third-order valence-electron chi connectivity index (χ3n) is 2.32. The molecule has 0 aliphatic heterocycles. The van der Waals surface area contributed by atoms with Gasteiger partial charge in [0.05, 0.1) is 11.2 Å². The highest BCUT2D eigenvalue weighted by molar-refractivity contribution is 5.82. The highest BCUT2D eigenvalue weighted by Gasteiger charge is 2.09. The summed E-state index contributed by atoms with van der Waals surface area (Å²) in [6.07, 6.45) is 5.32. The SMILES string of the molecule is Cc1cnc(C(C)C)c2ncncc12. The highest BCUT2D eigenvalue weighted by Crippen LogP contribution is 2.22. The maximum absolute atomic E-state index is 4.42. The highest BCUT2D eigenvalue weighted by atomic mass is 14.8. The third-order valence-corrected chi connectivity index (χ3v) is 2.32. The standard InChI is InChI=1S/C11H13N3/c1-7(2)10-11-9(5-12-6-14-11)8(3)4-13-10/h4-7H,1-3H3. The Hall–Kier alpha value is -1.51. The summed E-state index contributed by atoms with van der Waals surface area (Å²) in [7, 11) is 0. The number of aryl methyl sites for hydroxylation is 1. The molecule has 2 aromatic rings. The van der Waals surface area contributed by atoms with Gasteiger partial charge >= 0.3 is 0 Å². The molecule has 0 N–H and O–H groups in total. The van der Waals surface area contributed by atoms with E-state index in [0.717, 1.165) is 22.2 Å². The molecule has 3 heteroatoms. The van der Waals surface area contributed by atoms with Crippen LogP contribution in [0, 0.1) is 6.92 Å². The van der Waals surface area contributed by atoms with Crippen molar-refractivity contribution in [3.05, 3.63) is 30.0 Å². The van der Waals surface area contributed by atoms with E-state index < -0.39 is 0 Å². The molecule has 0 aromatic carbocycles. The molecular weight excluding hydrogens is 174 g/mol. The van der Waals surface area contributed by atoms with Crippen molar-refractivity contribution < 1.29 is 0 Å². The van der Waals surface area contributed by atoms with Crippen LogP contribution >= 0.6 is 0 Å². The molecule has 14 heavy (non-hydrogen) atoms. The Morgan fingerprint density at radius 2 is 1.93 bits per heavy atom. The van der Waals surface area contributed by atoms with Crippen molar-refractivity contribution in [1.82, 2.24) is 15.0 Å². The lowest BCUT2D eigenvalue weighted by atomic mass is 10.1. The molecule has 0 bridgehead atoms. The first kappa shape index (κ1) is 9.06. The van der Waals surface area contributed by atoms with Crippen molar-refractivity contribution in [1.29, 1.82) is 0 Å². The average Bonchev–Trinajstić information content (AvgIpc) is 2.18. The van der Waals surface area contributed by atoms with Crippen LogP contribution in [0.25, 0.3) is 10.9 Å². The molecule has 72 valence electrons. The first-order chi connectivity index (χ1) is 6.70. The topological polar surface area (TPSA) is 38.7 Å². The molecule has 3 nitrogen and oxygen atoms in total. The summed E-state index contributed by atoms with van der Waals surface area (Å²) in [5, 5.41) is 1.10. The van der Waals surface area contributed by atoms with Crippen molar-refractivity contribution in [3.63, 3.8) is 0 Å². The van der Waals surface area contributed by atoms with E-state index in [1.807, 2.05) is 19.3 Å². The molecule has 2 aromatic heterocycles. The van der Waals surface area contributed by atoms with Gasteiger partial charge in [-0.25, -0.2) is 9.97 Å². The van der Waals surface area contributed by atoms with Gasteiger partial charge < -0.3 is 0 Å². The van der Waals surface area contributed by atoms with E-state index in [1.54, 1.807) is 6.33 Å². The van der Waals surface area contributed by atoms with Gasteiger partial charge in [0.1, 0.15) is 6.33 Å². The molecule has 2 heterocycles. The molecule has 0 radical (unpaired) electrons. The van der Waals surface area contributed by atoms with Gasteiger partial charge in [-0.15, -0.1) is 0 Å². The lowest BCUT2D eigenvalue weighted by molar-refractivity contribution is 0.828. The second-order valence-corrected chi connectivity index (χ2v) is 3.77. The summed E-state index contributed by atoms with van der Waals surface area (Å²) in [6.45, 7) is 6.28. The van der Waals surface area contributed by atoms with Gasteiger partial charge in [0.15, 0.2) is 0 Å². The van der Waals surface area contributed by atoms with Crippen molar-refractivity contribution in [2.24, 2.45) is 0 Å². The Balaban J connectivity index is 2.82. The molecule has 0 unspecified atom stereocenters. The Morgan fingerprint density at radius 3 is 2.64 bits per heavy atom. The minimum atomic E-state index is 0.396. The smallest absolute Gasteiger partial charge is 0.116 e. The first-order valence-corrected chi connectivity index (χ1v) is 4.75. The lowest BCUT2D eigenvalue weighted by Gasteiger charge is -2.08. The zero-order valence-electron chi connectivity index (χ0n) is 8.65. The zero-order chi connectivity index (χ0) is 10.1. The maximum atomic E-state index is 4.42. The normalized spacial score (nSPS) is 11.1. The summed E-state index contributed by atoms with van der Waals surface area (Å²) in [4.78, 5) is 12.7. The van der Waals surface area contributed by atoms with Crippen LogP contribution in [0.4, 0.5) is 0 Å². The number of aromatic nitrogens is 3. The first-order valence-electron chi connectivity index (χ1n) is 4.75. The summed E-state index contributed by atoms with van der Waals surface area (Å²) in [6, 6.07) is 0. The van der Waals surface area contributed by atoms with Gasteiger partial charge in [-0.1, -0.05) is 13.8 Å². The summed E-state index contributed by atoms with van der Waals surface area (Å²) in [5.74, 6) is 0.396. The molecule has 0 atom stereocenters. The quantitative estimate of drug-likeness (QED) is 0.688. The molecule has 0 fully saturated rings. The molecular formula is C11H13N3. The number of nitrogens with zero attached hydrogens (tertiary/aromatic N) is 3. The van der Waals surface area contributed by atoms with E-state index in [4.69, 9.17) is 0 Å². The van der Waals surface area contributed by atoms with E-state index in [2.05, 4.69) is 28.8 Å². The molecule has 0 aliphatic carbocycles. The van der Waals surface area contributed by atoms with E-state index in [0.29, 0.717) is 5.92 Å². The predicted octanol–water partition coefficient (Wildman–Crippen LogP) is 2.46. The number of fused-ring (bicyclic) bond motifs is 1. The Morgan fingerprint density at radius 1 is 1.14 bits per heavy atom. The molecule has 0 saturated carbocycles. The Bertz CT molecular complexity index is 463. The Kier molecular flexibility index (Phi) is 2.15. The number of rotatable bonds is 1. The van der Waals surface area contributed by atoms with Crippen molar-refractivity contribution >= 4 is 10.9 Å². The molecule has 0 amide bonds. The van der Waals surface area contributed by atoms with Crippen LogP contribution in [0.2, 0.25) is 0 Å². The van der Waals surface area contributed by atoms with Gasteiger partial charge in [0.25, 0.3) is 0 Å². The van der Waals surface area contributed by atoms with Crippen LogP contribution in [-0.2, 0) is 0 Å². The zero-order valence-corrected chi connectivity index (χ0v) is 8.65. The maximum Gasteiger partial charge on any atom is 0.116 e. The van der Waals surface area contributed by atoms with E-state index >= 15 is 0 Å². The minimum absolute atomic E-state index is 0.396. The average molecular weight is 187 g/mol. The predicted molar refractivity (Wildman–Crippen MR) is 56.2 cm³/mol. The fraction of sp³-hybridized carbons (Fsp3) is 0.364. The largest absolute Gasteiger partial charge is 0.258 e. The lowest BCUT2D eigenvalue weighted by Crippen LogP contribution is -1.97. The van der Waals surface area contributed by atoms with E-state index in [9.17, 15) is 0 Å². The van der Waals surface area contributed by atoms with Crippen molar-refractivity contribution in [2.75, 3.05) is 0 Å². The van der Waals surface area contributed by atoms with Gasteiger partial charge in [-0.3, -0.25) is 4.98 Å². The van der Waals surface area contributed by atoms with E-state index in [-0.39, 0.29) is 0 Å². The summed E-state index contributed by atoms with van der Waals surface area (Å²) >= 11 is 0. The van der Waals surface area contributed by atoms with Crippen molar-refractivity contribution in [3.8, 4) is 0 Å². The van der Waals surface area contributed by atoms with Gasteiger partial charge in [-0.2, -0.15) is 0 Å². The number of hydrogen-bond acceptors (Lipinski definition) is 3. The van der Waals surface area contributed by atoms with Crippen molar-refractivity contribution in [2.45, 2.75) is 26.7 Å². The second kappa shape index (κ2) is 3.33. The second-order valence-electron chi connectivity index (χ2n) is 3.77. The number of pyridine rings is 1. The van der Waals surface area contributed by atoms with Crippen LogP contribution in [0.3, 0.4) is 0 Å². The van der Waals surface area contributed by atoms with E-state index in [1.165, 1.54) is 0 Å². The van der Waals surface area contributed by atoms with Crippen LogP contribution in [0.15, 0.2) is 18.7 Å². The third kappa shape index (κ3) is 1.35. The molecule has 0 saturated heterocycles. The van der Waals surface area contributed by atoms with Gasteiger partial charge in [-0.05, 0) is 18.4 Å². The Labute approximate surface area is 83.2 Å². The molecule has 0 aliphatic rings. The monoisotopic (exact) mass is 187 g/mol. The fourth-order valence-electron chi connectivity index (χ4n) is 1.54. The van der Waals surface area contributed by atoms with Crippen LogP contribution in [-0.4, -0.2) is 15.0 Å². The minimum Gasteiger partial charge on any atom is -0.258 e. The number of hydrogen-bond donors (Lipinski definition) is 0. The van der Waals surface area contributed by atoms with Crippen LogP contribution in [0.1, 0.15) is 31.0 Å². The molecule has 0 spiro atoms. The summed E-state index contributed by atoms with van der Waals surface area (Å²) < 4.78 is 0. The molecule has 2 rings (SSSR count). The fourth-order valence-corrected chi connectivity index (χ4v) is 1.54. The van der Waals surface area contributed by atoms with Gasteiger partial charge in [0, 0.05) is 17.8 Å². The van der Waals surface area contributed by atoms with Crippen LogP contribution in [0.5, 0.6) is 0 Å². The van der Waals surface area contributed by atoms with Gasteiger partial charge in [0.2, 0.25) is 0 Å². The van der Waals surface area contributed by atoms with Crippen LogP contribution < -0.4 is 0 Å².